The SMILES string of the molecule is NC(=O)C1CCCN1C(=O)Cn1nncc1C(F)(F)F. The lowest BCUT2D eigenvalue weighted by Gasteiger charge is -2.22. The highest BCUT2D eigenvalue weighted by molar-refractivity contribution is 5.87. The first-order valence-electron chi connectivity index (χ1n) is 5.85. The molecule has 2 heterocycles. The van der Waals surface area contributed by atoms with Crippen LogP contribution < -0.4 is 5.73 Å². The fourth-order valence-corrected chi connectivity index (χ4v) is 2.17. The lowest BCUT2D eigenvalue weighted by molar-refractivity contribution is -0.146. The van der Waals surface area contributed by atoms with Crippen molar-refractivity contribution in [3.63, 3.8) is 0 Å². The molecule has 2 amide bonds. The van der Waals surface area contributed by atoms with Crippen LogP contribution in [0.4, 0.5) is 13.2 Å². The molecule has 20 heavy (non-hydrogen) atoms. The summed E-state index contributed by atoms with van der Waals surface area (Å²) in [5.41, 5.74) is 4.04. The maximum atomic E-state index is 12.6. The molecule has 1 fully saturated rings. The lowest BCUT2D eigenvalue weighted by atomic mass is 10.2. The average Bonchev–Trinajstić information content (AvgIpc) is 2.95. The number of aromatic nitrogens is 3. The molecule has 10 heteroatoms. The highest BCUT2D eigenvalue weighted by Gasteiger charge is 2.38. The number of likely N-dealkylation sites (tertiary alicyclic amines) is 1. The molecular weight excluding hydrogens is 279 g/mol. The van der Waals surface area contributed by atoms with Gasteiger partial charge in [0.15, 0.2) is 5.69 Å². The van der Waals surface area contributed by atoms with Gasteiger partial charge in [0.25, 0.3) is 0 Å². The Morgan fingerprint density at radius 1 is 1.45 bits per heavy atom. The van der Waals surface area contributed by atoms with E-state index in [0.717, 1.165) is 0 Å². The van der Waals surface area contributed by atoms with Gasteiger partial charge in [-0.2, -0.15) is 13.2 Å². The van der Waals surface area contributed by atoms with Crippen molar-refractivity contribution < 1.29 is 22.8 Å². The van der Waals surface area contributed by atoms with Crippen LogP contribution >= 0.6 is 0 Å². The largest absolute Gasteiger partial charge is 0.434 e. The smallest absolute Gasteiger partial charge is 0.368 e. The summed E-state index contributed by atoms with van der Waals surface area (Å²) in [5.74, 6) is -1.30. The molecule has 1 unspecified atom stereocenters. The maximum Gasteiger partial charge on any atom is 0.434 e. The number of carbonyl (C=O) groups is 2. The summed E-state index contributed by atoms with van der Waals surface area (Å²) in [6.07, 6.45) is -3.09. The van der Waals surface area contributed by atoms with Gasteiger partial charge in [0, 0.05) is 6.54 Å². The normalized spacial score (nSPS) is 19.4. The summed E-state index contributed by atoms with van der Waals surface area (Å²) in [6, 6.07) is -0.764. The number of carbonyl (C=O) groups excluding carboxylic acids is 2. The Hall–Kier alpha value is -2.13. The zero-order valence-corrected chi connectivity index (χ0v) is 10.3. The lowest BCUT2D eigenvalue weighted by Crippen LogP contribution is -2.45. The van der Waals surface area contributed by atoms with Crippen LogP contribution in [0.15, 0.2) is 6.20 Å². The van der Waals surface area contributed by atoms with E-state index in [2.05, 4.69) is 10.3 Å². The molecule has 1 aliphatic rings. The van der Waals surface area contributed by atoms with E-state index in [1.54, 1.807) is 0 Å². The molecular formula is C10H12F3N5O2. The van der Waals surface area contributed by atoms with Crippen LogP contribution in [0.25, 0.3) is 0 Å². The van der Waals surface area contributed by atoms with E-state index in [1.165, 1.54) is 4.90 Å². The molecule has 0 spiro atoms. The van der Waals surface area contributed by atoms with Crippen molar-refractivity contribution in [3.05, 3.63) is 11.9 Å². The summed E-state index contributed by atoms with van der Waals surface area (Å²) in [7, 11) is 0. The summed E-state index contributed by atoms with van der Waals surface area (Å²) in [6.45, 7) is -0.332. The van der Waals surface area contributed by atoms with Gasteiger partial charge in [0.1, 0.15) is 12.6 Å². The van der Waals surface area contributed by atoms with E-state index < -0.39 is 36.3 Å². The second-order valence-electron chi connectivity index (χ2n) is 4.42. The first-order valence-corrected chi connectivity index (χ1v) is 5.85. The molecule has 1 aliphatic heterocycles. The first kappa shape index (κ1) is 14.3. The summed E-state index contributed by atoms with van der Waals surface area (Å²) < 4.78 is 38.3. The minimum Gasteiger partial charge on any atom is -0.368 e. The summed E-state index contributed by atoms with van der Waals surface area (Å²) in [4.78, 5) is 24.3. The van der Waals surface area contributed by atoms with Crippen LogP contribution in [0.3, 0.4) is 0 Å². The molecule has 1 saturated heterocycles. The molecule has 7 nitrogen and oxygen atoms in total. The van der Waals surface area contributed by atoms with Crippen molar-refractivity contribution in [1.82, 2.24) is 19.9 Å². The van der Waals surface area contributed by atoms with E-state index in [-0.39, 0.29) is 0 Å². The number of hydrogen-bond donors (Lipinski definition) is 1. The van der Waals surface area contributed by atoms with Gasteiger partial charge >= 0.3 is 6.18 Å². The van der Waals surface area contributed by atoms with Gasteiger partial charge < -0.3 is 10.6 Å². The summed E-state index contributed by atoms with van der Waals surface area (Å²) in [5, 5.41) is 6.40. The quantitative estimate of drug-likeness (QED) is 0.832. The molecule has 1 aromatic heterocycles. The first-order chi connectivity index (χ1) is 9.30. The van der Waals surface area contributed by atoms with Crippen molar-refractivity contribution in [1.29, 1.82) is 0 Å². The number of rotatable bonds is 3. The standard InChI is InChI=1S/C10H12F3N5O2/c11-10(12,13)7-4-15-16-18(7)5-8(19)17-3-1-2-6(17)9(14)20/h4,6H,1-3,5H2,(H2,14,20). The zero-order valence-electron chi connectivity index (χ0n) is 10.3. The molecule has 2 N–H and O–H groups in total. The van der Waals surface area contributed by atoms with Gasteiger partial charge in [0.05, 0.1) is 6.20 Å². The minimum absolute atomic E-state index is 0.294. The third-order valence-electron chi connectivity index (χ3n) is 3.09. The predicted molar refractivity (Wildman–Crippen MR) is 59.0 cm³/mol. The third-order valence-corrected chi connectivity index (χ3v) is 3.09. The topological polar surface area (TPSA) is 94.1 Å². The molecule has 1 aromatic rings. The molecule has 110 valence electrons. The van der Waals surface area contributed by atoms with E-state index in [9.17, 15) is 22.8 Å². The zero-order chi connectivity index (χ0) is 14.9. The second kappa shape index (κ2) is 5.10. The highest BCUT2D eigenvalue weighted by Crippen LogP contribution is 2.28. The van der Waals surface area contributed by atoms with Crippen LogP contribution in [0.1, 0.15) is 18.5 Å². The van der Waals surface area contributed by atoms with Gasteiger partial charge in [-0.3, -0.25) is 9.59 Å². The molecule has 0 aromatic carbocycles. The number of primary amides is 1. The maximum absolute atomic E-state index is 12.6. The second-order valence-corrected chi connectivity index (χ2v) is 4.42. The van der Waals surface area contributed by atoms with Gasteiger partial charge in [-0.1, -0.05) is 5.21 Å². The predicted octanol–water partition coefficient (Wildman–Crippen LogP) is -0.227. The van der Waals surface area contributed by atoms with Crippen LogP contribution in [0, 0.1) is 0 Å². The number of halogens is 3. The number of nitrogens with zero attached hydrogens (tertiary/aromatic N) is 4. The van der Waals surface area contributed by atoms with Crippen molar-refractivity contribution >= 4 is 11.8 Å². The van der Waals surface area contributed by atoms with Crippen molar-refractivity contribution in [3.8, 4) is 0 Å². The van der Waals surface area contributed by atoms with E-state index in [0.29, 0.717) is 30.3 Å². The minimum atomic E-state index is -4.64. The molecule has 0 saturated carbocycles. The number of amides is 2. The van der Waals surface area contributed by atoms with Gasteiger partial charge in [-0.25, -0.2) is 4.68 Å². The van der Waals surface area contributed by atoms with Gasteiger partial charge in [-0.15, -0.1) is 5.10 Å². The molecule has 0 bridgehead atoms. The van der Waals surface area contributed by atoms with E-state index >= 15 is 0 Å². The highest BCUT2D eigenvalue weighted by atomic mass is 19.4. The van der Waals surface area contributed by atoms with Crippen molar-refractivity contribution in [2.75, 3.05) is 6.54 Å². The Morgan fingerprint density at radius 3 is 2.75 bits per heavy atom. The van der Waals surface area contributed by atoms with E-state index in [1.807, 2.05) is 0 Å². The Kier molecular flexibility index (Phi) is 3.64. The molecule has 0 aliphatic carbocycles. The Morgan fingerprint density at radius 2 is 2.15 bits per heavy atom. The molecule has 1 atom stereocenters. The Bertz CT molecular complexity index is 527. The Labute approximate surface area is 111 Å². The van der Waals surface area contributed by atoms with E-state index in [4.69, 9.17) is 5.73 Å². The van der Waals surface area contributed by atoms with Crippen molar-refractivity contribution in [2.45, 2.75) is 31.6 Å². The number of hydrogen-bond acceptors (Lipinski definition) is 4. The molecule has 0 radical (unpaired) electrons. The van der Waals surface area contributed by atoms with Crippen LogP contribution in [-0.4, -0.2) is 44.3 Å². The third kappa shape index (κ3) is 2.73. The summed E-state index contributed by atoms with van der Waals surface area (Å²) >= 11 is 0. The fraction of sp³-hybridized carbons (Fsp3) is 0.600. The van der Waals surface area contributed by atoms with Crippen LogP contribution in [0.2, 0.25) is 0 Å². The van der Waals surface area contributed by atoms with Crippen molar-refractivity contribution in [2.24, 2.45) is 5.73 Å². The molecule has 2 rings (SSSR count). The van der Waals surface area contributed by atoms with Crippen LogP contribution in [0.5, 0.6) is 0 Å². The monoisotopic (exact) mass is 291 g/mol. The Balaban J connectivity index is 2.13. The fourth-order valence-electron chi connectivity index (χ4n) is 2.17. The number of alkyl halides is 3. The van der Waals surface area contributed by atoms with Gasteiger partial charge in [-0.05, 0) is 12.8 Å². The average molecular weight is 291 g/mol. The number of nitrogens with two attached hydrogens (primary N) is 1. The van der Waals surface area contributed by atoms with Crippen LogP contribution in [-0.2, 0) is 22.3 Å². The van der Waals surface area contributed by atoms with Gasteiger partial charge in [0.2, 0.25) is 11.8 Å².